The van der Waals surface area contributed by atoms with E-state index >= 15 is 0 Å². The first kappa shape index (κ1) is 18.7. The van der Waals surface area contributed by atoms with Crippen molar-refractivity contribution in [1.82, 2.24) is 23.9 Å². The number of para-hydroxylation sites is 1. The van der Waals surface area contributed by atoms with E-state index in [1.54, 1.807) is 0 Å². The van der Waals surface area contributed by atoms with E-state index in [0.29, 0.717) is 32.6 Å². The highest BCUT2D eigenvalue weighted by molar-refractivity contribution is 6.07. The number of benzene rings is 1. The van der Waals surface area contributed by atoms with Crippen LogP contribution >= 0.6 is 0 Å². The molecule has 30 heavy (non-hydrogen) atoms. The maximum absolute atomic E-state index is 13.4. The number of nitrogens with zero attached hydrogens (tertiary/aromatic N) is 5. The van der Waals surface area contributed by atoms with Crippen LogP contribution in [0.3, 0.4) is 0 Å². The summed E-state index contributed by atoms with van der Waals surface area (Å²) >= 11 is 0. The molecule has 7 nitrogen and oxygen atoms in total. The molecule has 2 aliphatic heterocycles. The fourth-order valence-electron chi connectivity index (χ4n) is 4.53. The van der Waals surface area contributed by atoms with E-state index < -0.39 is 0 Å². The SMILES string of the molecule is C[C@@H]1c2nc(CC(=O)N3CC=CC3)cn2CCN1C(=O)c1cn(C)c2ccccc12. The average Bonchev–Trinajstić information content (AvgIpc) is 3.47. The van der Waals surface area contributed by atoms with Crippen molar-refractivity contribution in [3.8, 4) is 0 Å². The van der Waals surface area contributed by atoms with Crippen LogP contribution in [-0.4, -0.2) is 55.4 Å². The van der Waals surface area contributed by atoms with Gasteiger partial charge in [0, 0.05) is 56.5 Å². The summed E-state index contributed by atoms with van der Waals surface area (Å²) in [5.74, 6) is 0.957. The van der Waals surface area contributed by atoms with E-state index in [1.807, 2.05) is 77.1 Å². The Morgan fingerprint density at radius 1 is 1.10 bits per heavy atom. The first-order valence-electron chi connectivity index (χ1n) is 10.4. The third-order valence-corrected chi connectivity index (χ3v) is 6.17. The van der Waals surface area contributed by atoms with Crippen LogP contribution in [0.15, 0.2) is 48.8 Å². The third kappa shape index (κ3) is 3.01. The first-order valence-corrected chi connectivity index (χ1v) is 10.4. The molecule has 0 saturated carbocycles. The summed E-state index contributed by atoms with van der Waals surface area (Å²) < 4.78 is 4.08. The van der Waals surface area contributed by atoms with Crippen LogP contribution in [0.1, 0.15) is 34.8 Å². The molecule has 0 spiro atoms. The molecule has 4 heterocycles. The van der Waals surface area contributed by atoms with Crippen molar-refractivity contribution in [1.29, 1.82) is 0 Å². The lowest BCUT2D eigenvalue weighted by Crippen LogP contribution is -2.41. The highest BCUT2D eigenvalue weighted by Gasteiger charge is 2.32. The number of hydrogen-bond donors (Lipinski definition) is 0. The van der Waals surface area contributed by atoms with Crippen LogP contribution in [0.25, 0.3) is 10.9 Å². The summed E-state index contributed by atoms with van der Waals surface area (Å²) in [6, 6.07) is 7.82. The zero-order valence-corrected chi connectivity index (χ0v) is 17.3. The Kier molecular flexibility index (Phi) is 4.46. The molecule has 0 unspecified atom stereocenters. The Balaban J connectivity index is 1.38. The number of carbonyl (C=O) groups excluding carboxylic acids is 2. The Morgan fingerprint density at radius 2 is 1.87 bits per heavy atom. The lowest BCUT2D eigenvalue weighted by atomic mass is 10.1. The molecular weight excluding hydrogens is 378 g/mol. The van der Waals surface area contributed by atoms with Crippen LogP contribution in [0.2, 0.25) is 0 Å². The van der Waals surface area contributed by atoms with Crippen molar-refractivity contribution in [3.63, 3.8) is 0 Å². The molecule has 1 aromatic carbocycles. The normalized spacial score (nSPS) is 18.3. The highest BCUT2D eigenvalue weighted by atomic mass is 16.2. The topological polar surface area (TPSA) is 63.4 Å². The van der Waals surface area contributed by atoms with Gasteiger partial charge in [0.05, 0.1) is 23.7 Å². The van der Waals surface area contributed by atoms with Gasteiger partial charge in [-0.25, -0.2) is 4.98 Å². The summed E-state index contributed by atoms with van der Waals surface area (Å²) in [7, 11) is 1.96. The molecule has 7 heteroatoms. The number of amides is 2. The number of rotatable bonds is 3. The molecule has 154 valence electrons. The van der Waals surface area contributed by atoms with E-state index in [1.165, 1.54) is 0 Å². The minimum atomic E-state index is -0.150. The van der Waals surface area contributed by atoms with Gasteiger partial charge in [-0.1, -0.05) is 30.4 Å². The Bertz CT molecular complexity index is 1160. The molecule has 0 bridgehead atoms. The maximum Gasteiger partial charge on any atom is 0.256 e. The Morgan fingerprint density at radius 3 is 2.67 bits per heavy atom. The van der Waals surface area contributed by atoms with Crippen molar-refractivity contribution in [3.05, 3.63) is 65.9 Å². The highest BCUT2D eigenvalue weighted by Crippen LogP contribution is 2.29. The van der Waals surface area contributed by atoms with Gasteiger partial charge in [-0.05, 0) is 13.0 Å². The van der Waals surface area contributed by atoms with Crippen LogP contribution in [0.4, 0.5) is 0 Å². The van der Waals surface area contributed by atoms with E-state index in [4.69, 9.17) is 4.98 Å². The Hall–Kier alpha value is -3.35. The fourth-order valence-corrected chi connectivity index (χ4v) is 4.53. The third-order valence-electron chi connectivity index (χ3n) is 6.17. The van der Waals surface area contributed by atoms with Gasteiger partial charge in [-0.2, -0.15) is 0 Å². The number of carbonyl (C=O) groups is 2. The molecule has 0 N–H and O–H groups in total. The number of fused-ring (bicyclic) bond motifs is 2. The molecule has 0 aliphatic carbocycles. The summed E-state index contributed by atoms with van der Waals surface area (Å²) in [5.41, 5.74) is 2.54. The number of aromatic nitrogens is 3. The zero-order valence-electron chi connectivity index (χ0n) is 17.3. The minimum Gasteiger partial charge on any atom is -0.350 e. The van der Waals surface area contributed by atoms with E-state index in [2.05, 4.69) is 4.57 Å². The van der Waals surface area contributed by atoms with E-state index in [0.717, 1.165) is 28.0 Å². The number of hydrogen-bond acceptors (Lipinski definition) is 3. The van der Waals surface area contributed by atoms with Crippen molar-refractivity contribution in [2.24, 2.45) is 7.05 Å². The first-order chi connectivity index (χ1) is 14.5. The van der Waals surface area contributed by atoms with Gasteiger partial charge in [-0.3, -0.25) is 9.59 Å². The largest absolute Gasteiger partial charge is 0.350 e. The predicted octanol–water partition coefficient (Wildman–Crippen LogP) is 2.53. The van der Waals surface area contributed by atoms with Gasteiger partial charge in [0.1, 0.15) is 5.82 Å². The molecule has 2 aliphatic rings. The summed E-state index contributed by atoms with van der Waals surface area (Å²) in [6.45, 7) is 4.67. The second kappa shape index (κ2) is 7.16. The van der Waals surface area contributed by atoms with Crippen molar-refractivity contribution < 1.29 is 9.59 Å². The molecule has 3 aromatic rings. The summed E-state index contributed by atoms with van der Waals surface area (Å²) in [6.07, 6.45) is 8.19. The van der Waals surface area contributed by atoms with Crippen LogP contribution in [-0.2, 0) is 24.8 Å². The smallest absolute Gasteiger partial charge is 0.256 e. The molecule has 5 rings (SSSR count). The lowest BCUT2D eigenvalue weighted by molar-refractivity contribution is -0.129. The van der Waals surface area contributed by atoms with E-state index in [-0.39, 0.29) is 17.9 Å². The van der Waals surface area contributed by atoms with Gasteiger partial charge in [0.2, 0.25) is 5.91 Å². The van der Waals surface area contributed by atoms with Crippen LogP contribution < -0.4 is 0 Å². The van der Waals surface area contributed by atoms with Crippen LogP contribution in [0.5, 0.6) is 0 Å². The second-order valence-electron chi connectivity index (χ2n) is 8.08. The second-order valence-corrected chi connectivity index (χ2v) is 8.08. The minimum absolute atomic E-state index is 0.0225. The molecule has 0 saturated heterocycles. The number of imidazole rings is 1. The fraction of sp³-hybridized carbons (Fsp3) is 0.348. The monoisotopic (exact) mass is 403 g/mol. The van der Waals surface area contributed by atoms with Crippen molar-refractivity contribution >= 4 is 22.7 Å². The standard InChI is InChI=1S/C23H25N5O2/c1-16-22-24-17(13-21(29)26-9-5-6-10-26)14-27(22)11-12-28(16)23(30)19-15-25(2)20-8-4-3-7-18(19)20/h3-8,14-16H,9-13H2,1-2H3/t16-/m1/s1. The van der Waals surface area contributed by atoms with Crippen molar-refractivity contribution in [2.45, 2.75) is 25.9 Å². The molecule has 2 amide bonds. The lowest BCUT2D eigenvalue weighted by Gasteiger charge is -2.33. The van der Waals surface area contributed by atoms with Gasteiger partial charge >= 0.3 is 0 Å². The molecule has 0 fully saturated rings. The van der Waals surface area contributed by atoms with Crippen LogP contribution in [0, 0.1) is 0 Å². The van der Waals surface area contributed by atoms with Crippen molar-refractivity contribution in [2.75, 3.05) is 19.6 Å². The molecule has 0 radical (unpaired) electrons. The van der Waals surface area contributed by atoms with Gasteiger partial charge in [0.25, 0.3) is 5.91 Å². The van der Waals surface area contributed by atoms with Gasteiger partial charge < -0.3 is 18.9 Å². The van der Waals surface area contributed by atoms with Gasteiger partial charge in [0.15, 0.2) is 0 Å². The van der Waals surface area contributed by atoms with E-state index in [9.17, 15) is 9.59 Å². The maximum atomic E-state index is 13.4. The quantitative estimate of drug-likeness (QED) is 0.632. The Labute approximate surface area is 175 Å². The number of aryl methyl sites for hydroxylation is 1. The predicted molar refractivity (Wildman–Crippen MR) is 114 cm³/mol. The molecular formula is C23H25N5O2. The summed E-state index contributed by atoms with van der Waals surface area (Å²) in [5, 5.41) is 0.969. The average molecular weight is 403 g/mol. The van der Waals surface area contributed by atoms with Gasteiger partial charge in [-0.15, -0.1) is 0 Å². The molecule has 2 aromatic heterocycles. The summed E-state index contributed by atoms with van der Waals surface area (Å²) in [4.78, 5) is 34.3. The molecule has 1 atom stereocenters. The zero-order chi connectivity index (χ0) is 20.8.